The Morgan fingerprint density at radius 3 is 2.68 bits per heavy atom. The Balaban J connectivity index is 1.51. The standard InChI is InChI=1S/C21H17F3N4O3/c1-12-25-20(31-27-12)16-7-2-3-8-17(16)26-19(30)13-9-18(29)28(11-13)15-6-4-5-14(10-15)21(22,23)24/h2-8,10,13H,9,11H2,1H3,(H,26,30). The summed E-state index contributed by atoms with van der Waals surface area (Å²) in [6, 6.07) is 11.3. The predicted octanol–water partition coefficient (Wildman–Crippen LogP) is 4.06. The van der Waals surface area contributed by atoms with Gasteiger partial charge in [0.25, 0.3) is 5.89 Å². The van der Waals surface area contributed by atoms with Gasteiger partial charge >= 0.3 is 6.18 Å². The maximum absolute atomic E-state index is 13.0. The van der Waals surface area contributed by atoms with Crippen molar-refractivity contribution < 1.29 is 27.3 Å². The normalized spacial score (nSPS) is 16.6. The highest BCUT2D eigenvalue weighted by Crippen LogP contribution is 2.34. The fourth-order valence-electron chi connectivity index (χ4n) is 3.40. The number of nitrogens with one attached hydrogen (secondary N) is 1. The number of amides is 2. The van der Waals surface area contributed by atoms with E-state index >= 15 is 0 Å². The molecule has 0 spiro atoms. The molecule has 1 fully saturated rings. The van der Waals surface area contributed by atoms with Gasteiger partial charge < -0.3 is 14.7 Å². The molecule has 1 aliphatic heterocycles. The molecule has 2 amide bonds. The van der Waals surface area contributed by atoms with Gasteiger partial charge in [-0.15, -0.1) is 0 Å². The van der Waals surface area contributed by atoms with Crippen LogP contribution < -0.4 is 10.2 Å². The van der Waals surface area contributed by atoms with Gasteiger partial charge in [0, 0.05) is 18.7 Å². The Kier molecular flexibility index (Phi) is 5.22. The number of anilines is 2. The zero-order chi connectivity index (χ0) is 22.2. The minimum Gasteiger partial charge on any atom is -0.334 e. The highest BCUT2D eigenvalue weighted by atomic mass is 19.4. The van der Waals surface area contributed by atoms with E-state index in [4.69, 9.17) is 4.52 Å². The van der Waals surface area contributed by atoms with Crippen molar-refractivity contribution >= 4 is 23.2 Å². The Labute approximate surface area is 174 Å². The van der Waals surface area contributed by atoms with Gasteiger partial charge in [0.15, 0.2) is 5.82 Å². The van der Waals surface area contributed by atoms with Gasteiger partial charge in [-0.05, 0) is 37.3 Å². The van der Waals surface area contributed by atoms with Crippen LogP contribution in [0.2, 0.25) is 0 Å². The summed E-state index contributed by atoms with van der Waals surface area (Å²) in [5, 5.41) is 6.50. The zero-order valence-corrected chi connectivity index (χ0v) is 16.3. The molecule has 0 radical (unpaired) electrons. The van der Waals surface area contributed by atoms with E-state index in [1.165, 1.54) is 17.0 Å². The Morgan fingerprint density at radius 2 is 1.97 bits per heavy atom. The van der Waals surface area contributed by atoms with Crippen molar-refractivity contribution in [1.82, 2.24) is 10.1 Å². The Bertz CT molecular complexity index is 1140. The van der Waals surface area contributed by atoms with Crippen molar-refractivity contribution in [3.8, 4) is 11.5 Å². The molecule has 31 heavy (non-hydrogen) atoms. The van der Waals surface area contributed by atoms with Gasteiger partial charge in [-0.25, -0.2) is 0 Å². The smallest absolute Gasteiger partial charge is 0.334 e. The number of nitrogens with zero attached hydrogens (tertiary/aromatic N) is 3. The Morgan fingerprint density at radius 1 is 1.19 bits per heavy atom. The number of carbonyl (C=O) groups excluding carboxylic acids is 2. The lowest BCUT2D eigenvalue weighted by atomic mass is 10.1. The highest BCUT2D eigenvalue weighted by molar-refractivity contribution is 6.04. The number of carbonyl (C=O) groups is 2. The third-order valence-electron chi connectivity index (χ3n) is 4.92. The van der Waals surface area contributed by atoms with E-state index in [9.17, 15) is 22.8 Å². The third-order valence-corrected chi connectivity index (χ3v) is 4.92. The summed E-state index contributed by atoms with van der Waals surface area (Å²) in [7, 11) is 0. The first kappa shape index (κ1) is 20.6. The van der Waals surface area contributed by atoms with Gasteiger partial charge in [-0.2, -0.15) is 18.2 Å². The molecule has 4 rings (SSSR count). The van der Waals surface area contributed by atoms with Crippen molar-refractivity contribution in [3.63, 3.8) is 0 Å². The maximum Gasteiger partial charge on any atom is 0.416 e. The number of alkyl halides is 3. The summed E-state index contributed by atoms with van der Waals surface area (Å²) in [5.41, 5.74) is 0.211. The molecular weight excluding hydrogens is 413 g/mol. The van der Waals surface area contributed by atoms with E-state index in [-0.39, 0.29) is 24.5 Å². The molecule has 3 aromatic rings. The first-order valence-electron chi connectivity index (χ1n) is 9.40. The number of hydrogen-bond acceptors (Lipinski definition) is 5. The minimum atomic E-state index is -4.52. The largest absolute Gasteiger partial charge is 0.416 e. The summed E-state index contributed by atoms with van der Waals surface area (Å²) < 4.78 is 44.1. The van der Waals surface area contributed by atoms with Crippen LogP contribution in [0.3, 0.4) is 0 Å². The number of benzene rings is 2. The van der Waals surface area contributed by atoms with Crippen LogP contribution in [0.1, 0.15) is 17.8 Å². The molecule has 2 heterocycles. The topological polar surface area (TPSA) is 88.3 Å². The van der Waals surface area contributed by atoms with Crippen molar-refractivity contribution in [2.24, 2.45) is 5.92 Å². The fraction of sp³-hybridized carbons (Fsp3) is 0.238. The fourth-order valence-corrected chi connectivity index (χ4v) is 3.40. The zero-order valence-electron chi connectivity index (χ0n) is 16.3. The van der Waals surface area contributed by atoms with Gasteiger partial charge in [0.1, 0.15) is 0 Å². The van der Waals surface area contributed by atoms with E-state index < -0.39 is 29.5 Å². The SMILES string of the molecule is Cc1noc(-c2ccccc2NC(=O)C2CC(=O)N(c3cccc(C(F)(F)F)c3)C2)n1. The summed E-state index contributed by atoms with van der Waals surface area (Å²) in [5.74, 6) is -0.887. The molecule has 0 aliphatic carbocycles. The maximum atomic E-state index is 13.0. The second-order valence-electron chi connectivity index (χ2n) is 7.14. The lowest BCUT2D eigenvalue weighted by Crippen LogP contribution is -2.28. The van der Waals surface area contributed by atoms with Crippen LogP contribution in [-0.4, -0.2) is 28.5 Å². The second-order valence-corrected chi connectivity index (χ2v) is 7.14. The molecule has 1 N–H and O–H groups in total. The average molecular weight is 430 g/mol. The van der Waals surface area contributed by atoms with Crippen molar-refractivity contribution in [3.05, 3.63) is 59.9 Å². The number of aryl methyl sites for hydroxylation is 1. The lowest BCUT2D eigenvalue weighted by Gasteiger charge is -2.18. The summed E-state index contributed by atoms with van der Waals surface area (Å²) in [6.07, 6.45) is -4.63. The molecule has 160 valence electrons. The van der Waals surface area contributed by atoms with Crippen LogP contribution in [0.15, 0.2) is 53.1 Å². The van der Waals surface area contributed by atoms with E-state index in [1.54, 1.807) is 31.2 Å². The predicted molar refractivity (Wildman–Crippen MR) is 105 cm³/mol. The van der Waals surface area contributed by atoms with Crippen molar-refractivity contribution in [1.29, 1.82) is 0 Å². The molecule has 1 atom stereocenters. The number of rotatable bonds is 4. The molecule has 7 nitrogen and oxygen atoms in total. The van der Waals surface area contributed by atoms with E-state index in [1.807, 2.05) is 0 Å². The molecular formula is C21H17F3N4O3. The third kappa shape index (κ3) is 4.27. The molecule has 0 bridgehead atoms. The number of aromatic nitrogens is 2. The lowest BCUT2D eigenvalue weighted by molar-refractivity contribution is -0.137. The van der Waals surface area contributed by atoms with Crippen LogP contribution in [0, 0.1) is 12.8 Å². The first-order chi connectivity index (χ1) is 14.7. The quantitative estimate of drug-likeness (QED) is 0.675. The molecule has 0 saturated carbocycles. The van der Waals surface area contributed by atoms with Crippen LogP contribution in [-0.2, 0) is 15.8 Å². The summed E-state index contributed by atoms with van der Waals surface area (Å²) in [6.45, 7) is 1.65. The van der Waals surface area contributed by atoms with Crippen molar-refractivity contribution in [2.75, 3.05) is 16.8 Å². The number of halogens is 3. The van der Waals surface area contributed by atoms with Gasteiger partial charge in [-0.3, -0.25) is 9.59 Å². The monoisotopic (exact) mass is 430 g/mol. The molecule has 1 aliphatic rings. The van der Waals surface area contributed by atoms with Crippen LogP contribution >= 0.6 is 0 Å². The first-order valence-corrected chi connectivity index (χ1v) is 9.40. The Hall–Kier alpha value is -3.69. The van der Waals surface area contributed by atoms with Crippen molar-refractivity contribution in [2.45, 2.75) is 19.5 Å². The summed E-state index contributed by atoms with van der Waals surface area (Å²) in [4.78, 5) is 30.6. The van der Waals surface area contributed by atoms with E-state index in [0.29, 0.717) is 17.1 Å². The molecule has 1 unspecified atom stereocenters. The van der Waals surface area contributed by atoms with Gasteiger partial charge in [0.2, 0.25) is 11.8 Å². The highest BCUT2D eigenvalue weighted by Gasteiger charge is 2.37. The van der Waals surface area contributed by atoms with E-state index in [2.05, 4.69) is 15.5 Å². The minimum absolute atomic E-state index is 0.0200. The van der Waals surface area contributed by atoms with Crippen LogP contribution in [0.25, 0.3) is 11.5 Å². The van der Waals surface area contributed by atoms with Gasteiger partial charge in [0.05, 0.1) is 22.7 Å². The molecule has 10 heteroatoms. The van der Waals surface area contributed by atoms with E-state index in [0.717, 1.165) is 12.1 Å². The molecule has 1 saturated heterocycles. The van der Waals surface area contributed by atoms with Crippen LogP contribution in [0.5, 0.6) is 0 Å². The van der Waals surface area contributed by atoms with Gasteiger partial charge in [-0.1, -0.05) is 23.4 Å². The average Bonchev–Trinajstić information content (AvgIpc) is 3.33. The number of hydrogen-bond donors (Lipinski definition) is 1. The molecule has 2 aromatic carbocycles. The molecule has 1 aromatic heterocycles. The summed E-state index contributed by atoms with van der Waals surface area (Å²) >= 11 is 0. The van der Waals surface area contributed by atoms with Crippen LogP contribution in [0.4, 0.5) is 24.5 Å². The number of para-hydroxylation sites is 1. The second kappa shape index (κ2) is 7.86.